The van der Waals surface area contributed by atoms with Crippen molar-refractivity contribution in [2.45, 2.75) is 24.5 Å². The Hall–Kier alpha value is -1.88. The molecule has 0 aromatic heterocycles. The van der Waals surface area contributed by atoms with Crippen molar-refractivity contribution >= 4 is 0 Å². The molecule has 25 heavy (non-hydrogen) atoms. The van der Waals surface area contributed by atoms with Gasteiger partial charge in [-0.25, -0.2) is 0 Å². The molecule has 0 amide bonds. The maximum atomic E-state index is 11.0. The molecular weight excluding hydrogens is 314 g/mol. The molecule has 0 unspecified atom stereocenters. The van der Waals surface area contributed by atoms with Crippen LogP contribution in [0.25, 0.3) is 0 Å². The van der Waals surface area contributed by atoms with Crippen LogP contribution in [0.5, 0.6) is 5.75 Å². The zero-order chi connectivity index (χ0) is 17.4. The number of hydrogen-bond acceptors (Lipinski definition) is 4. The Labute approximate surface area is 148 Å². The van der Waals surface area contributed by atoms with Gasteiger partial charge in [-0.2, -0.15) is 0 Å². The van der Waals surface area contributed by atoms with Crippen molar-refractivity contribution in [3.05, 3.63) is 65.7 Å². The van der Waals surface area contributed by atoms with E-state index in [4.69, 9.17) is 0 Å². The van der Waals surface area contributed by atoms with E-state index in [1.165, 1.54) is 0 Å². The third kappa shape index (κ3) is 3.30. The summed E-state index contributed by atoms with van der Waals surface area (Å²) < 4.78 is 0. The largest absolute Gasteiger partial charge is 0.508 e. The first-order chi connectivity index (χ1) is 12.0. The number of phenolic OH excluding ortho intramolecular Hbond substituents is 1. The zero-order valence-corrected chi connectivity index (χ0v) is 14.3. The first-order valence-electron chi connectivity index (χ1n) is 9.01. The van der Waals surface area contributed by atoms with Crippen molar-refractivity contribution in [2.75, 3.05) is 19.6 Å². The van der Waals surface area contributed by atoms with Crippen LogP contribution in [0.3, 0.4) is 0 Å². The number of phenols is 1. The first-order valence-corrected chi connectivity index (χ1v) is 9.01. The van der Waals surface area contributed by atoms with Crippen LogP contribution in [-0.4, -0.2) is 39.9 Å². The molecule has 1 saturated heterocycles. The number of rotatable bonds is 4. The Morgan fingerprint density at radius 1 is 0.960 bits per heavy atom. The molecule has 3 N–H and O–H groups in total. The zero-order valence-electron chi connectivity index (χ0n) is 14.3. The molecule has 0 spiro atoms. The smallest absolute Gasteiger partial charge is 0.115 e. The van der Waals surface area contributed by atoms with Crippen LogP contribution in [0, 0.1) is 11.8 Å². The summed E-state index contributed by atoms with van der Waals surface area (Å²) in [5.74, 6) is 1.18. The van der Waals surface area contributed by atoms with E-state index in [0.717, 1.165) is 37.1 Å². The molecule has 1 saturated carbocycles. The second-order valence-corrected chi connectivity index (χ2v) is 7.65. The summed E-state index contributed by atoms with van der Waals surface area (Å²) in [5, 5.41) is 30.9. The van der Waals surface area contributed by atoms with Crippen molar-refractivity contribution < 1.29 is 15.3 Å². The van der Waals surface area contributed by atoms with E-state index in [0.29, 0.717) is 18.4 Å². The van der Waals surface area contributed by atoms with Crippen LogP contribution in [-0.2, 0) is 5.60 Å². The Kier molecular flexibility index (Phi) is 4.28. The van der Waals surface area contributed by atoms with Crippen LogP contribution in [0.1, 0.15) is 30.1 Å². The van der Waals surface area contributed by atoms with Gasteiger partial charge in [-0.15, -0.1) is 0 Å². The summed E-state index contributed by atoms with van der Waals surface area (Å²) >= 11 is 0. The van der Waals surface area contributed by atoms with Gasteiger partial charge in [0.05, 0.1) is 11.7 Å². The number of fused-ring (bicyclic) bond motifs is 1. The quantitative estimate of drug-likeness (QED) is 0.801. The molecule has 2 aliphatic rings. The van der Waals surface area contributed by atoms with E-state index in [2.05, 4.69) is 4.90 Å². The van der Waals surface area contributed by atoms with Gasteiger partial charge in [-0.3, -0.25) is 4.90 Å². The lowest BCUT2D eigenvalue weighted by Crippen LogP contribution is -2.30. The van der Waals surface area contributed by atoms with Gasteiger partial charge in [-0.05, 0) is 47.9 Å². The summed E-state index contributed by atoms with van der Waals surface area (Å²) in [6.07, 6.45) is 1.05. The summed E-state index contributed by atoms with van der Waals surface area (Å²) in [7, 11) is 0. The average molecular weight is 339 g/mol. The number of aliphatic hydroxyl groups excluding tert-OH is 1. The highest BCUT2D eigenvalue weighted by atomic mass is 16.3. The highest BCUT2D eigenvalue weighted by Gasteiger charge is 2.49. The number of aliphatic hydroxyl groups is 2. The minimum atomic E-state index is -0.696. The fourth-order valence-electron chi connectivity index (χ4n) is 4.63. The molecule has 2 aromatic carbocycles. The molecule has 132 valence electrons. The molecule has 0 bridgehead atoms. The number of nitrogens with zero attached hydrogens (tertiary/aromatic N) is 1. The monoisotopic (exact) mass is 339 g/mol. The third-order valence-corrected chi connectivity index (χ3v) is 5.87. The van der Waals surface area contributed by atoms with Gasteiger partial charge in [0, 0.05) is 19.6 Å². The lowest BCUT2D eigenvalue weighted by atomic mass is 9.90. The highest BCUT2D eigenvalue weighted by molar-refractivity contribution is 5.28. The minimum absolute atomic E-state index is 0.215. The van der Waals surface area contributed by atoms with Crippen LogP contribution in [0.4, 0.5) is 0 Å². The Balaban J connectivity index is 1.37. The fourth-order valence-corrected chi connectivity index (χ4v) is 4.63. The van der Waals surface area contributed by atoms with Gasteiger partial charge in [0.25, 0.3) is 0 Å². The van der Waals surface area contributed by atoms with Gasteiger partial charge < -0.3 is 15.3 Å². The van der Waals surface area contributed by atoms with Gasteiger partial charge >= 0.3 is 0 Å². The fraction of sp³-hybridized carbons (Fsp3) is 0.429. The number of hydrogen-bond donors (Lipinski definition) is 3. The maximum absolute atomic E-state index is 11.0. The van der Waals surface area contributed by atoms with Gasteiger partial charge in [0.15, 0.2) is 0 Å². The molecular formula is C21H25NO3. The molecule has 4 heteroatoms. The first kappa shape index (κ1) is 16.6. The Bertz CT molecular complexity index is 702. The van der Waals surface area contributed by atoms with Crippen molar-refractivity contribution in [3.63, 3.8) is 0 Å². The van der Waals surface area contributed by atoms with E-state index in [9.17, 15) is 15.3 Å². The lowest BCUT2D eigenvalue weighted by Gasteiger charge is -2.27. The SMILES string of the molecule is Oc1ccc([C@H](O)CN2C[C@@H]3C[C@@](O)(c4ccccc4)C[C@@H]3C2)cc1. The molecule has 1 aliphatic heterocycles. The van der Waals surface area contributed by atoms with E-state index < -0.39 is 11.7 Å². The second-order valence-electron chi connectivity index (χ2n) is 7.65. The Morgan fingerprint density at radius 2 is 1.56 bits per heavy atom. The predicted octanol–water partition coefficient (Wildman–Crippen LogP) is 2.66. The summed E-state index contributed by atoms with van der Waals surface area (Å²) in [6, 6.07) is 16.8. The molecule has 4 rings (SSSR count). The normalized spacial score (nSPS) is 30.3. The van der Waals surface area contributed by atoms with Gasteiger partial charge in [0.1, 0.15) is 5.75 Å². The third-order valence-electron chi connectivity index (χ3n) is 5.87. The number of β-amino-alcohol motifs (C(OH)–C–C–N with tert-alkyl or cyclic N) is 1. The molecule has 1 heterocycles. The van der Waals surface area contributed by atoms with E-state index in [1.807, 2.05) is 30.3 Å². The highest BCUT2D eigenvalue weighted by Crippen LogP contribution is 2.49. The van der Waals surface area contributed by atoms with Crippen LogP contribution in [0.2, 0.25) is 0 Å². The number of aromatic hydroxyl groups is 1. The predicted molar refractivity (Wildman–Crippen MR) is 96.1 cm³/mol. The Morgan fingerprint density at radius 3 is 2.16 bits per heavy atom. The van der Waals surface area contributed by atoms with Crippen molar-refractivity contribution in [2.24, 2.45) is 11.8 Å². The van der Waals surface area contributed by atoms with Crippen LogP contribution < -0.4 is 0 Å². The van der Waals surface area contributed by atoms with Gasteiger partial charge in [-0.1, -0.05) is 42.5 Å². The summed E-state index contributed by atoms with van der Waals surface area (Å²) in [4.78, 5) is 2.30. The minimum Gasteiger partial charge on any atom is -0.508 e. The molecule has 4 nitrogen and oxygen atoms in total. The topological polar surface area (TPSA) is 63.9 Å². The van der Waals surface area contributed by atoms with Gasteiger partial charge in [0.2, 0.25) is 0 Å². The molecule has 4 atom stereocenters. The molecule has 1 aliphatic carbocycles. The van der Waals surface area contributed by atoms with Crippen molar-refractivity contribution in [1.82, 2.24) is 4.90 Å². The number of likely N-dealkylation sites (tertiary alicyclic amines) is 1. The van der Waals surface area contributed by atoms with E-state index >= 15 is 0 Å². The molecule has 0 radical (unpaired) electrons. The maximum Gasteiger partial charge on any atom is 0.115 e. The number of benzene rings is 2. The molecule has 2 aromatic rings. The van der Waals surface area contributed by atoms with Crippen molar-refractivity contribution in [3.8, 4) is 5.75 Å². The van der Waals surface area contributed by atoms with E-state index in [1.54, 1.807) is 24.3 Å². The standard InChI is InChI=1S/C21H25NO3/c23-19-8-6-15(7-9-19)20(24)14-22-12-16-10-21(25,11-17(16)13-22)18-4-2-1-3-5-18/h1-9,16-17,20,23-25H,10-14H2/t16-,17+,20-,21-/m1/s1. The van der Waals surface area contributed by atoms with Crippen LogP contribution >= 0.6 is 0 Å². The second kappa shape index (κ2) is 6.45. The van der Waals surface area contributed by atoms with Crippen molar-refractivity contribution in [1.29, 1.82) is 0 Å². The van der Waals surface area contributed by atoms with Crippen LogP contribution in [0.15, 0.2) is 54.6 Å². The average Bonchev–Trinajstić information content (AvgIpc) is 3.11. The van der Waals surface area contributed by atoms with E-state index in [-0.39, 0.29) is 5.75 Å². The summed E-state index contributed by atoms with van der Waals surface area (Å²) in [5.41, 5.74) is 1.16. The molecule has 2 fully saturated rings. The summed E-state index contributed by atoms with van der Waals surface area (Å²) in [6.45, 7) is 2.45. The lowest BCUT2D eigenvalue weighted by molar-refractivity contribution is 0.0288.